The zero-order valence-electron chi connectivity index (χ0n) is 14.3. The van der Waals surface area contributed by atoms with Crippen molar-refractivity contribution in [1.29, 1.82) is 0 Å². The van der Waals surface area contributed by atoms with Gasteiger partial charge >= 0.3 is 6.18 Å². The van der Waals surface area contributed by atoms with E-state index in [2.05, 4.69) is 0 Å². The van der Waals surface area contributed by atoms with Crippen LogP contribution in [0.3, 0.4) is 0 Å². The lowest BCUT2D eigenvalue weighted by Crippen LogP contribution is -2.44. The highest BCUT2D eigenvalue weighted by Crippen LogP contribution is 2.42. The van der Waals surface area contributed by atoms with Gasteiger partial charge in [0.2, 0.25) is 0 Å². The molecule has 1 atom stereocenters. The Kier molecular flexibility index (Phi) is 5.15. The molecule has 27 heavy (non-hydrogen) atoms. The summed E-state index contributed by atoms with van der Waals surface area (Å²) >= 11 is 0. The van der Waals surface area contributed by atoms with E-state index in [1.54, 1.807) is 48.5 Å². The average Bonchev–Trinajstić information content (AvgIpc) is 2.68. The molecule has 3 aromatic carbocycles. The molecule has 0 fully saturated rings. The van der Waals surface area contributed by atoms with Crippen LogP contribution in [0.15, 0.2) is 84.9 Å². The first-order chi connectivity index (χ1) is 12.8. The number of carbonyl (C=O) groups is 1. The Balaban J connectivity index is 2.05. The topological polar surface area (TPSA) is 37.3 Å². The molecule has 2 nitrogen and oxygen atoms in total. The maximum Gasteiger partial charge on any atom is 0.421 e. The standard InChI is InChI=1S/C22H17F3O2/c23-22(24,25)21(27,18-12-5-2-6-13-18)15-17-11-7-8-14-19(17)20(26)16-9-3-1-4-10-16/h1-14,27H,15H2. The van der Waals surface area contributed by atoms with Crippen LogP contribution in [0, 0.1) is 0 Å². The van der Waals surface area contributed by atoms with Gasteiger partial charge in [-0.25, -0.2) is 0 Å². The van der Waals surface area contributed by atoms with Crippen LogP contribution in [0.25, 0.3) is 0 Å². The second kappa shape index (κ2) is 7.37. The van der Waals surface area contributed by atoms with Gasteiger partial charge in [-0.05, 0) is 11.1 Å². The third kappa shape index (κ3) is 3.78. The molecule has 1 N–H and O–H groups in total. The maximum atomic E-state index is 13.8. The molecule has 0 aliphatic carbocycles. The normalized spacial score (nSPS) is 13.8. The van der Waals surface area contributed by atoms with Gasteiger partial charge in [0.15, 0.2) is 11.4 Å². The quantitative estimate of drug-likeness (QED) is 0.648. The molecule has 0 spiro atoms. The highest BCUT2D eigenvalue weighted by Gasteiger charge is 2.55. The van der Waals surface area contributed by atoms with Crippen LogP contribution in [0.2, 0.25) is 0 Å². The second-order valence-corrected chi connectivity index (χ2v) is 6.25. The van der Waals surface area contributed by atoms with Crippen molar-refractivity contribution in [1.82, 2.24) is 0 Å². The lowest BCUT2D eigenvalue weighted by molar-refractivity contribution is -0.266. The predicted octanol–water partition coefficient (Wildman–Crippen LogP) is 4.91. The van der Waals surface area contributed by atoms with Crippen molar-refractivity contribution in [3.05, 3.63) is 107 Å². The van der Waals surface area contributed by atoms with Crippen LogP contribution < -0.4 is 0 Å². The summed E-state index contributed by atoms with van der Waals surface area (Å²) in [5, 5.41) is 10.6. The number of aliphatic hydroxyl groups is 1. The Morgan fingerprint density at radius 1 is 0.778 bits per heavy atom. The predicted molar refractivity (Wildman–Crippen MR) is 96.4 cm³/mol. The maximum absolute atomic E-state index is 13.8. The van der Waals surface area contributed by atoms with Crippen molar-refractivity contribution in [2.45, 2.75) is 18.2 Å². The molecule has 0 radical (unpaired) electrons. The van der Waals surface area contributed by atoms with Crippen LogP contribution in [0.5, 0.6) is 0 Å². The van der Waals surface area contributed by atoms with Gasteiger partial charge in [0.05, 0.1) is 0 Å². The SMILES string of the molecule is O=C(c1ccccc1)c1ccccc1CC(O)(c1ccccc1)C(F)(F)F. The van der Waals surface area contributed by atoms with Gasteiger partial charge in [-0.3, -0.25) is 4.79 Å². The molecule has 1 unspecified atom stereocenters. The Bertz CT molecular complexity index is 921. The van der Waals surface area contributed by atoms with Crippen molar-refractivity contribution < 1.29 is 23.1 Å². The summed E-state index contributed by atoms with van der Waals surface area (Å²) in [6.45, 7) is 0. The average molecular weight is 370 g/mol. The van der Waals surface area contributed by atoms with Gasteiger partial charge in [-0.15, -0.1) is 0 Å². The fraction of sp³-hybridized carbons (Fsp3) is 0.136. The molecule has 0 bridgehead atoms. The van der Waals surface area contributed by atoms with Gasteiger partial charge < -0.3 is 5.11 Å². The lowest BCUT2D eigenvalue weighted by Gasteiger charge is -2.31. The van der Waals surface area contributed by atoms with Gasteiger partial charge in [0, 0.05) is 17.5 Å². The fourth-order valence-corrected chi connectivity index (χ4v) is 3.00. The minimum absolute atomic E-state index is 0.134. The molecular weight excluding hydrogens is 353 g/mol. The summed E-state index contributed by atoms with van der Waals surface area (Å²) in [7, 11) is 0. The monoisotopic (exact) mass is 370 g/mol. The van der Waals surface area contributed by atoms with Gasteiger partial charge in [-0.2, -0.15) is 13.2 Å². The minimum atomic E-state index is -4.91. The summed E-state index contributed by atoms with van der Waals surface area (Å²) in [4.78, 5) is 12.8. The number of carbonyl (C=O) groups excluding carboxylic acids is 1. The van der Waals surface area contributed by atoms with Crippen LogP contribution in [0.4, 0.5) is 13.2 Å². The molecule has 3 rings (SSSR count). The van der Waals surface area contributed by atoms with Crippen LogP contribution in [-0.2, 0) is 12.0 Å². The fourth-order valence-electron chi connectivity index (χ4n) is 3.00. The van der Waals surface area contributed by atoms with E-state index in [1.807, 2.05) is 0 Å². The van der Waals surface area contributed by atoms with E-state index in [1.165, 1.54) is 36.4 Å². The molecule has 0 saturated carbocycles. The second-order valence-electron chi connectivity index (χ2n) is 6.25. The number of halogens is 3. The number of benzene rings is 3. The Morgan fingerprint density at radius 2 is 1.30 bits per heavy atom. The summed E-state index contributed by atoms with van der Waals surface area (Å²) in [6.07, 6.45) is -5.66. The number of hydrogen-bond acceptors (Lipinski definition) is 2. The summed E-state index contributed by atoms with van der Waals surface area (Å²) in [5.41, 5.74) is -2.71. The Labute approximate surface area is 154 Å². The highest BCUT2D eigenvalue weighted by atomic mass is 19.4. The molecule has 5 heteroatoms. The van der Waals surface area contributed by atoms with Crippen molar-refractivity contribution in [3.8, 4) is 0 Å². The molecule has 3 aromatic rings. The third-order valence-corrected chi connectivity index (χ3v) is 4.46. The van der Waals surface area contributed by atoms with Gasteiger partial charge in [0.25, 0.3) is 0 Å². The van der Waals surface area contributed by atoms with Crippen LogP contribution in [-0.4, -0.2) is 17.1 Å². The first kappa shape index (κ1) is 18.9. The van der Waals surface area contributed by atoms with Crippen molar-refractivity contribution in [2.24, 2.45) is 0 Å². The smallest absolute Gasteiger partial charge is 0.376 e. The molecule has 0 aliphatic rings. The molecule has 0 aliphatic heterocycles. The number of rotatable bonds is 5. The zero-order valence-corrected chi connectivity index (χ0v) is 14.3. The van der Waals surface area contributed by atoms with E-state index in [-0.39, 0.29) is 22.5 Å². The number of hydrogen-bond donors (Lipinski definition) is 1. The zero-order chi connectivity index (χ0) is 19.5. The van der Waals surface area contributed by atoms with E-state index >= 15 is 0 Å². The summed E-state index contributed by atoms with van der Waals surface area (Å²) < 4.78 is 41.4. The van der Waals surface area contributed by atoms with E-state index in [4.69, 9.17) is 0 Å². The summed E-state index contributed by atoms with van der Waals surface area (Å²) in [6, 6.07) is 21.3. The first-order valence-electron chi connectivity index (χ1n) is 8.35. The Hall–Kier alpha value is -2.92. The van der Waals surface area contributed by atoms with E-state index in [0.29, 0.717) is 5.56 Å². The third-order valence-electron chi connectivity index (χ3n) is 4.46. The van der Waals surface area contributed by atoms with Gasteiger partial charge in [0.1, 0.15) is 0 Å². The van der Waals surface area contributed by atoms with E-state index in [9.17, 15) is 23.1 Å². The molecule has 0 saturated heterocycles. The first-order valence-corrected chi connectivity index (χ1v) is 8.35. The van der Waals surface area contributed by atoms with E-state index < -0.39 is 18.2 Å². The number of alkyl halides is 3. The molecule has 0 heterocycles. The van der Waals surface area contributed by atoms with Crippen molar-refractivity contribution in [2.75, 3.05) is 0 Å². The van der Waals surface area contributed by atoms with Crippen LogP contribution in [0.1, 0.15) is 27.0 Å². The highest BCUT2D eigenvalue weighted by molar-refractivity contribution is 6.09. The van der Waals surface area contributed by atoms with Crippen molar-refractivity contribution in [3.63, 3.8) is 0 Å². The van der Waals surface area contributed by atoms with Crippen molar-refractivity contribution >= 4 is 5.78 Å². The molecule has 0 aromatic heterocycles. The van der Waals surface area contributed by atoms with E-state index in [0.717, 1.165) is 0 Å². The molecular formula is C22H17F3O2. The minimum Gasteiger partial charge on any atom is -0.376 e. The van der Waals surface area contributed by atoms with Gasteiger partial charge in [-0.1, -0.05) is 84.9 Å². The van der Waals surface area contributed by atoms with Crippen LogP contribution >= 0.6 is 0 Å². The number of ketones is 1. The largest absolute Gasteiger partial charge is 0.421 e. The molecule has 138 valence electrons. The summed E-state index contributed by atoms with van der Waals surface area (Å²) in [5.74, 6) is -0.385. The molecule has 0 amide bonds. The Morgan fingerprint density at radius 3 is 1.89 bits per heavy atom. The lowest BCUT2D eigenvalue weighted by atomic mass is 9.84.